The largest absolute Gasteiger partial charge is 0.354 e. The molecule has 2 aromatic carbocycles. The minimum Gasteiger partial charge on any atom is -0.354 e. The second-order valence-electron chi connectivity index (χ2n) is 7.14. The summed E-state index contributed by atoms with van der Waals surface area (Å²) in [6.07, 6.45) is 0.143. The zero-order valence-electron chi connectivity index (χ0n) is 15.9. The highest BCUT2D eigenvalue weighted by atomic mass is 35.5. The first-order valence-corrected chi connectivity index (χ1v) is 9.49. The average Bonchev–Trinajstić information content (AvgIpc) is 3.03. The Hall–Kier alpha value is -2.44. The standard InChI is InChI=1S/C21H23ClFN3O2/c1-25(2)19(14-6-5-7-16(23)10-14)12-24-21(28)15-11-20(27)26(13-15)18-9-4-3-8-17(18)22/h3-10,15,19H,11-13H2,1-2H3,(H,24,28). The van der Waals surface area contributed by atoms with E-state index in [1.807, 2.05) is 31.1 Å². The zero-order chi connectivity index (χ0) is 20.3. The lowest BCUT2D eigenvalue weighted by atomic mass is 10.0. The zero-order valence-corrected chi connectivity index (χ0v) is 16.6. The molecule has 1 heterocycles. The molecule has 1 aliphatic rings. The molecule has 5 nitrogen and oxygen atoms in total. The van der Waals surface area contributed by atoms with Gasteiger partial charge in [0.25, 0.3) is 0 Å². The number of halogens is 2. The minimum absolute atomic E-state index is 0.123. The molecule has 148 valence electrons. The van der Waals surface area contributed by atoms with Crippen molar-refractivity contribution in [2.24, 2.45) is 5.92 Å². The lowest BCUT2D eigenvalue weighted by molar-refractivity contribution is -0.126. The van der Waals surface area contributed by atoms with E-state index in [0.717, 1.165) is 5.56 Å². The first-order chi connectivity index (χ1) is 13.4. The Bertz CT molecular complexity index is 874. The van der Waals surface area contributed by atoms with Gasteiger partial charge in [-0.2, -0.15) is 0 Å². The molecule has 0 spiro atoms. The lowest BCUT2D eigenvalue weighted by Gasteiger charge is -2.26. The van der Waals surface area contributed by atoms with Crippen molar-refractivity contribution in [3.8, 4) is 0 Å². The summed E-state index contributed by atoms with van der Waals surface area (Å²) in [7, 11) is 3.75. The molecule has 0 aromatic heterocycles. The van der Waals surface area contributed by atoms with Crippen molar-refractivity contribution in [1.82, 2.24) is 10.2 Å². The number of hydrogen-bond acceptors (Lipinski definition) is 3. The van der Waals surface area contributed by atoms with E-state index >= 15 is 0 Å². The Labute approximate surface area is 169 Å². The second kappa shape index (κ2) is 8.71. The Kier molecular flexibility index (Phi) is 6.31. The molecule has 2 aromatic rings. The number of anilines is 1. The molecule has 0 radical (unpaired) electrons. The molecule has 1 aliphatic heterocycles. The first-order valence-electron chi connectivity index (χ1n) is 9.11. The molecule has 2 amide bonds. The van der Waals surface area contributed by atoms with Crippen molar-refractivity contribution in [3.63, 3.8) is 0 Å². The fourth-order valence-corrected chi connectivity index (χ4v) is 3.68. The van der Waals surface area contributed by atoms with Crippen molar-refractivity contribution in [1.29, 1.82) is 0 Å². The summed E-state index contributed by atoms with van der Waals surface area (Å²) in [4.78, 5) is 28.5. The highest BCUT2D eigenvalue weighted by molar-refractivity contribution is 6.33. The Morgan fingerprint density at radius 2 is 2.04 bits per heavy atom. The minimum atomic E-state index is -0.445. The number of hydrogen-bond donors (Lipinski definition) is 1. The second-order valence-corrected chi connectivity index (χ2v) is 7.54. The topological polar surface area (TPSA) is 52.7 Å². The summed E-state index contributed by atoms with van der Waals surface area (Å²) in [6, 6.07) is 13.3. The van der Waals surface area contributed by atoms with E-state index in [9.17, 15) is 14.0 Å². The highest BCUT2D eigenvalue weighted by Crippen LogP contribution is 2.31. The van der Waals surface area contributed by atoms with Crippen LogP contribution in [0.5, 0.6) is 0 Å². The van der Waals surface area contributed by atoms with Gasteiger partial charge in [-0.05, 0) is 43.9 Å². The fourth-order valence-electron chi connectivity index (χ4n) is 3.44. The number of likely N-dealkylation sites (N-methyl/N-ethyl adjacent to an activating group) is 1. The lowest BCUT2D eigenvalue weighted by Crippen LogP contribution is -2.38. The van der Waals surface area contributed by atoms with Crippen LogP contribution in [-0.4, -0.2) is 43.9 Å². The van der Waals surface area contributed by atoms with E-state index in [1.165, 1.54) is 12.1 Å². The summed E-state index contributed by atoms with van der Waals surface area (Å²) >= 11 is 6.18. The van der Waals surface area contributed by atoms with Crippen molar-refractivity contribution >= 4 is 29.1 Å². The van der Waals surface area contributed by atoms with Crippen LogP contribution in [-0.2, 0) is 9.59 Å². The molecule has 28 heavy (non-hydrogen) atoms. The van der Waals surface area contributed by atoms with E-state index < -0.39 is 5.92 Å². The molecule has 1 saturated heterocycles. The van der Waals surface area contributed by atoms with Crippen LogP contribution < -0.4 is 10.2 Å². The molecular weight excluding hydrogens is 381 g/mol. The summed E-state index contributed by atoms with van der Waals surface area (Å²) in [6.45, 7) is 0.618. The highest BCUT2D eigenvalue weighted by Gasteiger charge is 2.36. The molecule has 0 bridgehead atoms. The van der Waals surface area contributed by atoms with Gasteiger partial charge in [0.2, 0.25) is 11.8 Å². The van der Waals surface area contributed by atoms with Crippen LogP contribution in [0.4, 0.5) is 10.1 Å². The summed E-state index contributed by atoms with van der Waals surface area (Å²) < 4.78 is 13.6. The van der Waals surface area contributed by atoms with E-state index in [1.54, 1.807) is 29.2 Å². The van der Waals surface area contributed by atoms with Gasteiger partial charge in [-0.3, -0.25) is 9.59 Å². The molecule has 1 N–H and O–H groups in total. The maximum absolute atomic E-state index is 13.6. The van der Waals surface area contributed by atoms with Gasteiger partial charge in [-0.1, -0.05) is 35.9 Å². The van der Waals surface area contributed by atoms with Crippen LogP contribution in [0.2, 0.25) is 5.02 Å². The van der Waals surface area contributed by atoms with Crippen LogP contribution >= 0.6 is 11.6 Å². The Balaban J connectivity index is 1.65. The summed E-state index contributed by atoms with van der Waals surface area (Å²) in [5, 5.41) is 3.40. The normalized spacial score (nSPS) is 17.8. The van der Waals surface area contributed by atoms with E-state index in [4.69, 9.17) is 11.6 Å². The van der Waals surface area contributed by atoms with Gasteiger partial charge in [-0.15, -0.1) is 0 Å². The number of amides is 2. The van der Waals surface area contributed by atoms with Crippen molar-refractivity contribution in [2.75, 3.05) is 32.1 Å². The number of nitrogens with zero attached hydrogens (tertiary/aromatic N) is 2. The van der Waals surface area contributed by atoms with Gasteiger partial charge in [0.1, 0.15) is 5.82 Å². The van der Waals surface area contributed by atoms with Crippen LogP contribution in [0.3, 0.4) is 0 Å². The number of para-hydroxylation sites is 1. The summed E-state index contributed by atoms with van der Waals surface area (Å²) in [5.74, 6) is -1.07. The maximum atomic E-state index is 13.6. The monoisotopic (exact) mass is 403 g/mol. The van der Waals surface area contributed by atoms with Crippen LogP contribution in [0.25, 0.3) is 0 Å². The van der Waals surface area contributed by atoms with E-state index in [2.05, 4.69) is 5.32 Å². The van der Waals surface area contributed by atoms with Crippen LogP contribution in [0, 0.1) is 11.7 Å². The van der Waals surface area contributed by atoms with Crippen molar-refractivity contribution in [2.45, 2.75) is 12.5 Å². The van der Waals surface area contributed by atoms with E-state index in [0.29, 0.717) is 23.8 Å². The molecule has 0 saturated carbocycles. The number of nitrogens with one attached hydrogen (secondary N) is 1. The molecular formula is C21H23ClFN3O2. The summed E-state index contributed by atoms with van der Waals surface area (Å²) in [5.41, 5.74) is 1.40. The van der Waals surface area contributed by atoms with Crippen LogP contribution in [0.1, 0.15) is 18.0 Å². The van der Waals surface area contributed by atoms with Gasteiger partial charge < -0.3 is 15.1 Å². The van der Waals surface area contributed by atoms with Crippen molar-refractivity contribution < 1.29 is 14.0 Å². The van der Waals surface area contributed by atoms with Crippen LogP contribution in [0.15, 0.2) is 48.5 Å². The quantitative estimate of drug-likeness (QED) is 0.805. The maximum Gasteiger partial charge on any atom is 0.227 e. The van der Waals surface area contributed by atoms with Gasteiger partial charge >= 0.3 is 0 Å². The molecule has 3 rings (SSSR count). The van der Waals surface area contributed by atoms with Gasteiger partial charge in [0.05, 0.1) is 22.7 Å². The molecule has 2 unspecified atom stereocenters. The van der Waals surface area contributed by atoms with Crippen molar-refractivity contribution in [3.05, 3.63) is 64.9 Å². The van der Waals surface area contributed by atoms with Gasteiger partial charge in [-0.25, -0.2) is 4.39 Å². The third-order valence-corrected chi connectivity index (χ3v) is 5.29. The molecule has 0 aliphatic carbocycles. The first kappa shape index (κ1) is 20.3. The molecule has 7 heteroatoms. The number of rotatable bonds is 6. The predicted molar refractivity (Wildman–Crippen MR) is 108 cm³/mol. The fraction of sp³-hybridized carbons (Fsp3) is 0.333. The van der Waals surface area contributed by atoms with Gasteiger partial charge in [0, 0.05) is 19.5 Å². The Morgan fingerprint density at radius 1 is 1.29 bits per heavy atom. The number of benzene rings is 2. The number of carbonyl (C=O) groups is 2. The van der Waals surface area contributed by atoms with Gasteiger partial charge in [0.15, 0.2) is 0 Å². The third-order valence-electron chi connectivity index (χ3n) is 4.97. The smallest absolute Gasteiger partial charge is 0.227 e. The molecule has 1 fully saturated rings. The SMILES string of the molecule is CN(C)C(CNC(=O)C1CC(=O)N(c2ccccc2Cl)C1)c1cccc(F)c1. The Morgan fingerprint density at radius 3 is 2.71 bits per heavy atom. The number of carbonyl (C=O) groups excluding carboxylic acids is 2. The third kappa shape index (κ3) is 4.51. The molecule has 2 atom stereocenters. The van der Waals surface area contributed by atoms with E-state index in [-0.39, 0.29) is 30.1 Å². The average molecular weight is 404 g/mol. The predicted octanol–water partition coefficient (Wildman–Crippen LogP) is 3.25.